The first-order valence-corrected chi connectivity index (χ1v) is 5.65. The summed E-state index contributed by atoms with van der Waals surface area (Å²) in [5.41, 5.74) is 0.737. The standard InChI is InChI=1S/C11H9IO3/c1-2-14-11(13)9-6-7-4-3-5-8(12)10(7)15-9/h3-6H,2H2,1H3. The zero-order chi connectivity index (χ0) is 10.8. The van der Waals surface area contributed by atoms with Gasteiger partial charge in [0.25, 0.3) is 0 Å². The SMILES string of the molecule is CCOC(=O)c1cc2cccc(I)c2o1. The number of furan rings is 1. The number of hydrogen-bond donors (Lipinski definition) is 0. The van der Waals surface area contributed by atoms with Crippen LogP contribution in [-0.4, -0.2) is 12.6 Å². The number of hydrogen-bond acceptors (Lipinski definition) is 3. The Labute approximate surface area is 101 Å². The number of carbonyl (C=O) groups is 1. The van der Waals surface area contributed by atoms with Gasteiger partial charge in [-0.2, -0.15) is 0 Å². The van der Waals surface area contributed by atoms with Crippen LogP contribution in [0.4, 0.5) is 0 Å². The molecule has 0 unspecified atom stereocenters. The summed E-state index contributed by atoms with van der Waals surface area (Å²) in [4.78, 5) is 11.4. The van der Waals surface area contributed by atoms with E-state index in [0.29, 0.717) is 6.61 Å². The van der Waals surface area contributed by atoms with E-state index in [4.69, 9.17) is 9.15 Å². The molecule has 0 saturated heterocycles. The van der Waals surface area contributed by atoms with Gasteiger partial charge in [-0.05, 0) is 41.6 Å². The monoisotopic (exact) mass is 316 g/mol. The van der Waals surface area contributed by atoms with Crippen LogP contribution in [0.5, 0.6) is 0 Å². The highest BCUT2D eigenvalue weighted by atomic mass is 127. The molecule has 1 heterocycles. The highest BCUT2D eigenvalue weighted by molar-refractivity contribution is 14.1. The van der Waals surface area contributed by atoms with Crippen molar-refractivity contribution in [3.63, 3.8) is 0 Å². The van der Waals surface area contributed by atoms with Gasteiger partial charge in [-0.25, -0.2) is 4.79 Å². The van der Waals surface area contributed by atoms with Crippen LogP contribution in [0.3, 0.4) is 0 Å². The molecule has 1 aromatic heterocycles. The van der Waals surface area contributed by atoms with E-state index in [1.54, 1.807) is 13.0 Å². The molecule has 0 aliphatic rings. The van der Waals surface area contributed by atoms with Gasteiger partial charge in [0.1, 0.15) is 5.58 Å². The first kappa shape index (κ1) is 10.5. The van der Waals surface area contributed by atoms with E-state index in [9.17, 15) is 4.79 Å². The van der Waals surface area contributed by atoms with Crippen LogP contribution in [0.15, 0.2) is 28.7 Å². The summed E-state index contributed by atoms with van der Waals surface area (Å²) in [5, 5.41) is 0.921. The number of rotatable bonds is 2. The van der Waals surface area contributed by atoms with Crippen molar-refractivity contribution in [1.82, 2.24) is 0 Å². The Bertz CT molecular complexity index is 502. The lowest BCUT2D eigenvalue weighted by Gasteiger charge is -1.95. The number of benzene rings is 1. The summed E-state index contributed by atoms with van der Waals surface area (Å²) >= 11 is 2.17. The minimum absolute atomic E-state index is 0.260. The van der Waals surface area contributed by atoms with Gasteiger partial charge in [0.05, 0.1) is 10.2 Å². The van der Waals surface area contributed by atoms with Crippen LogP contribution in [0.25, 0.3) is 11.0 Å². The largest absolute Gasteiger partial charge is 0.460 e. The molecule has 0 spiro atoms. The molecular weight excluding hydrogens is 307 g/mol. The van der Waals surface area contributed by atoms with Crippen LogP contribution < -0.4 is 0 Å². The summed E-state index contributed by atoms with van der Waals surface area (Å²) in [5.74, 6) is -0.152. The van der Waals surface area contributed by atoms with Gasteiger partial charge in [0.15, 0.2) is 0 Å². The molecule has 0 aliphatic heterocycles. The fourth-order valence-electron chi connectivity index (χ4n) is 1.33. The van der Waals surface area contributed by atoms with E-state index < -0.39 is 5.97 Å². The Kier molecular flexibility index (Phi) is 2.95. The average molecular weight is 316 g/mol. The molecule has 1 aromatic carbocycles. The minimum Gasteiger partial charge on any atom is -0.460 e. The molecule has 3 nitrogen and oxygen atoms in total. The van der Waals surface area contributed by atoms with Crippen LogP contribution in [-0.2, 0) is 4.74 Å². The van der Waals surface area contributed by atoms with Crippen LogP contribution >= 0.6 is 22.6 Å². The molecule has 0 amide bonds. The molecule has 2 rings (SSSR count). The van der Waals surface area contributed by atoms with Crippen molar-refractivity contribution < 1.29 is 13.9 Å². The van der Waals surface area contributed by atoms with Gasteiger partial charge in [0.2, 0.25) is 5.76 Å². The lowest BCUT2D eigenvalue weighted by Crippen LogP contribution is -2.02. The third-order valence-electron chi connectivity index (χ3n) is 1.97. The van der Waals surface area contributed by atoms with Crippen LogP contribution in [0, 0.1) is 3.57 Å². The van der Waals surface area contributed by atoms with Gasteiger partial charge in [-0.3, -0.25) is 0 Å². The maximum Gasteiger partial charge on any atom is 0.374 e. The zero-order valence-electron chi connectivity index (χ0n) is 8.12. The number of halogens is 1. The molecule has 0 radical (unpaired) electrons. The Balaban J connectivity index is 2.47. The van der Waals surface area contributed by atoms with Crippen molar-refractivity contribution in [2.24, 2.45) is 0 Å². The minimum atomic E-state index is -0.412. The maximum absolute atomic E-state index is 11.4. The van der Waals surface area contributed by atoms with E-state index in [2.05, 4.69) is 22.6 Å². The summed E-state index contributed by atoms with van der Waals surface area (Å²) in [6.45, 7) is 2.12. The second-order valence-corrected chi connectivity index (χ2v) is 4.15. The summed E-state index contributed by atoms with van der Waals surface area (Å²) in [6.07, 6.45) is 0. The third kappa shape index (κ3) is 1.99. The number of fused-ring (bicyclic) bond motifs is 1. The Morgan fingerprint density at radius 3 is 3.00 bits per heavy atom. The molecule has 0 atom stereocenters. The van der Waals surface area contributed by atoms with Gasteiger partial charge in [-0.1, -0.05) is 12.1 Å². The number of para-hydroxylation sites is 1. The van der Waals surface area contributed by atoms with Gasteiger partial charge < -0.3 is 9.15 Å². The molecule has 2 aromatic rings. The summed E-state index contributed by atoms with van der Waals surface area (Å²) in [6, 6.07) is 7.47. The summed E-state index contributed by atoms with van der Waals surface area (Å²) in [7, 11) is 0. The molecule has 78 valence electrons. The molecule has 0 bridgehead atoms. The topological polar surface area (TPSA) is 39.4 Å². The molecule has 0 saturated carbocycles. The van der Waals surface area contributed by atoms with Crippen molar-refractivity contribution in [2.45, 2.75) is 6.92 Å². The molecular formula is C11H9IO3. The zero-order valence-corrected chi connectivity index (χ0v) is 10.3. The normalized spacial score (nSPS) is 10.5. The van der Waals surface area contributed by atoms with E-state index in [0.717, 1.165) is 14.5 Å². The predicted molar refractivity (Wildman–Crippen MR) is 64.9 cm³/mol. The fraction of sp³-hybridized carbons (Fsp3) is 0.182. The quantitative estimate of drug-likeness (QED) is 0.631. The first-order valence-electron chi connectivity index (χ1n) is 4.57. The molecule has 0 aliphatic carbocycles. The third-order valence-corrected chi connectivity index (χ3v) is 2.82. The van der Waals surface area contributed by atoms with E-state index in [1.807, 2.05) is 18.2 Å². The first-order chi connectivity index (χ1) is 7.22. The van der Waals surface area contributed by atoms with Crippen molar-refractivity contribution in [2.75, 3.05) is 6.61 Å². The molecule has 4 heteroatoms. The second kappa shape index (κ2) is 4.22. The van der Waals surface area contributed by atoms with Crippen molar-refractivity contribution in [3.05, 3.63) is 33.6 Å². The smallest absolute Gasteiger partial charge is 0.374 e. The van der Waals surface area contributed by atoms with Crippen LogP contribution in [0.1, 0.15) is 17.5 Å². The Morgan fingerprint density at radius 1 is 1.53 bits per heavy atom. The van der Waals surface area contributed by atoms with Gasteiger partial charge in [0, 0.05) is 5.39 Å². The van der Waals surface area contributed by atoms with E-state index in [-0.39, 0.29) is 5.76 Å². The highest BCUT2D eigenvalue weighted by Gasteiger charge is 2.13. The number of ether oxygens (including phenoxy) is 1. The lowest BCUT2D eigenvalue weighted by atomic mass is 10.2. The average Bonchev–Trinajstić information content (AvgIpc) is 2.63. The number of carbonyl (C=O) groups excluding carboxylic acids is 1. The Morgan fingerprint density at radius 2 is 2.33 bits per heavy atom. The van der Waals surface area contributed by atoms with Crippen molar-refractivity contribution in [3.8, 4) is 0 Å². The Hall–Kier alpha value is -1.04. The second-order valence-electron chi connectivity index (χ2n) is 2.99. The molecule has 0 fully saturated rings. The molecule has 15 heavy (non-hydrogen) atoms. The van der Waals surface area contributed by atoms with E-state index >= 15 is 0 Å². The predicted octanol–water partition coefficient (Wildman–Crippen LogP) is 3.21. The highest BCUT2D eigenvalue weighted by Crippen LogP contribution is 2.24. The van der Waals surface area contributed by atoms with E-state index in [1.165, 1.54) is 0 Å². The maximum atomic E-state index is 11.4. The molecule has 0 N–H and O–H groups in total. The van der Waals surface area contributed by atoms with Crippen LogP contribution in [0.2, 0.25) is 0 Å². The lowest BCUT2D eigenvalue weighted by molar-refractivity contribution is 0.0492. The fourth-order valence-corrected chi connectivity index (χ4v) is 1.96. The number of esters is 1. The summed E-state index contributed by atoms with van der Waals surface area (Å²) < 4.78 is 11.3. The van der Waals surface area contributed by atoms with Crippen molar-refractivity contribution in [1.29, 1.82) is 0 Å². The van der Waals surface area contributed by atoms with Gasteiger partial charge in [-0.15, -0.1) is 0 Å². The van der Waals surface area contributed by atoms with Gasteiger partial charge >= 0.3 is 5.97 Å². The van der Waals surface area contributed by atoms with Crippen molar-refractivity contribution >= 4 is 39.5 Å².